The summed E-state index contributed by atoms with van der Waals surface area (Å²) in [6, 6.07) is 8.70. The molecule has 1 fully saturated rings. The van der Waals surface area contributed by atoms with Crippen LogP contribution in [0.2, 0.25) is 0 Å². The number of aromatic amines is 2. The summed E-state index contributed by atoms with van der Waals surface area (Å²) < 4.78 is 0. The van der Waals surface area contributed by atoms with E-state index in [1.807, 2.05) is 12.3 Å². The molecule has 29 heavy (non-hydrogen) atoms. The summed E-state index contributed by atoms with van der Waals surface area (Å²) in [4.78, 5) is 13.1. The predicted molar refractivity (Wildman–Crippen MR) is 116 cm³/mol. The van der Waals surface area contributed by atoms with Crippen LogP contribution in [-0.4, -0.2) is 38.2 Å². The van der Waals surface area contributed by atoms with Crippen molar-refractivity contribution in [2.24, 2.45) is 0 Å². The molecule has 1 aromatic carbocycles. The second-order valence-corrected chi connectivity index (χ2v) is 8.16. The van der Waals surface area contributed by atoms with Gasteiger partial charge in [-0.2, -0.15) is 5.10 Å². The van der Waals surface area contributed by atoms with Crippen LogP contribution < -0.4 is 5.32 Å². The minimum atomic E-state index is 0.615. The lowest BCUT2D eigenvalue weighted by atomic mass is 9.89. The molecule has 6 rings (SSSR count). The van der Waals surface area contributed by atoms with E-state index in [2.05, 4.69) is 49.8 Å². The molecule has 1 aliphatic heterocycles. The number of fused-ring (bicyclic) bond motifs is 2. The van der Waals surface area contributed by atoms with Crippen molar-refractivity contribution in [1.82, 2.24) is 30.5 Å². The quantitative estimate of drug-likeness (QED) is 0.484. The molecule has 4 heterocycles. The molecule has 1 aliphatic carbocycles. The fraction of sp³-hybridized carbons (Fsp3) is 0.348. The van der Waals surface area contributed by atoms with Crippen LogP contribution in [0.3, 0.4) is 0 Å². The van der Waals surface area contributed by atoms with Crippen molar-refractivity contribution in [3.8, 4) is 11.5 Å². The van der Waals surface area contributed by atoms with E-state index < -0.39 is 0 Å². The molecule has 0 unspecified atom stereocenters. The third-order valence-electron chi connectivity index (χ3n) is 6.37. The van der Waals surface area contributed by atoms with E-state index in [-0.39, 0.29) is 0 Å². The predicted octanol–water partition coefficient (Wildman–Crippen LogP) is 4.54. The topological polar surface area (TPSA) is 82.3 Å². The molecule has 6 heteroatoms. The molecular weight excluding hydrogens is 360 g/mol. The number of imidazole rings is 1. The van der Waals surface area contributed by atoms with Gasteiger partial charge in [-0.25, -0.2) is 4.98 Å². The van der Waals surface area contributed by atoms with Crippen molar-refractivity contribution in [2.45, 2.75) is 38.0 Å². The average molecular weight is 384 g/mol. The summed E-state index contributed by atoms with van der Waals surface area (Å²) in [5.41, 5.74) is 7.63. The second kappa shape index (κ2) is 6.81. The Kier molecular flexibility index (Phi) is 3.97. The number of piperidine rings is 1. The molecule has 3 aromatic heterocycles. The molecule has 0 atom stereocenters. The zero-order valence-corrected chi connectivity index (χ0v) is 16.3. The normalized spacial score (nSPS) is 18.0. The first kappa shape index (κ1) is 16.9. The van der Waals surface area contributed by atoms with Crippen molar-refractivity contribution in [2.75, 3.05) is 13.1 Å². The first-order chi connectivity index (χ1) is 14.4. The Morgan fingerprint density at radius 1 is 1.00 bits per heavy atom. The van der Waals surface area contributed by atoms with Gasteiger partial charge < -0.3 is 10.3 Å². The molecule has 0 spiro atoms. The number of nitrogens with zero attached hydrogens (tertiary/aromatic N) is 3. The van der Waals surface area contributed by atoms with Crippen molar-refractivity contribution in [3.63, 3.8) is 0 Å². The zero-order chi connectivity index (χ0) is 19.2. The highest BCUT2D eigenvalue weighted by Crippen LogP contribution is 2.34. The van der Waals surface area contributed by atoms with E-state index in [0.717, 1.165) is 65.1 Å². The number of aromatic nitrogens is 5. The molecule has 146 valence electrons. The number of nitrogens with one attached hydrogen (secondary N) is 3. The molecule has 0 amide bonds. The van der Waals surface area contributed by atoms with Gasteiger partial charge in [0.1, 0.15) is 11.2 Å². The lowest BCUT2D eigenvalue weighted by molar-refractivity contribution is 0.460. The maximum Gasteiger partial charge on any atom is 0.159 e. The summed E-state index contributed by atoms with van der Waals surface area (Å²) in [7, 11) is 0. The van der Waals surface area contributed by atoms with Crippen molar-refractivity contribution >= 4 is 27.5 Å². The van der Waals surface area contributed by atoms with Crippen LogP contribution in [0, 0.1) is 0 Å². The van der Waals surface area contributed by atoms with Crippen LogP contribution in [0.1, 0.15) is 49.3 Å². The van der Waals surface area contributed by atoms with Gasteiger partial charge in [-0.15, -0.1) is 0 Å². The third-order valence-corrected chi connectivity index (χ3v) is 6.37. The van der Waals surface area contributed by atoms with Gasteiger partial charge in [0.05, 0.1) is 16.7 Å². The number of allylic oxidation sites excluding steroid dienone is 2. The fourth-order valence-corrected chi connectivity index (χ4v) is 4.79. The highest BCUT2D eigenvalue weighted by Gasteiger charge is 2.20. The minimum absolute atomic E-state index is 0.615. The fourth-order valence-electron chi connectivity index (χ4n) is 4.79. The summed E-state index contributed by atoms with van der Waals surface area (Å²) in [6.45, 7) is 2.19. The van der Waals surface area contributed by atoms with Crippen LogP contribution in [0.4, 0.5) is 0 Å². The summed E-state index contributed by atoms with van der Waals surface area (Å²) in [6.07, 6.45) is 9.96. The number of pyridine rings is 1. The zero-order valence-electron chi connectivity index (χ0n) is 16.3. The molecule has 2 aliphatic rings. The number of hydrogen-bond acceptors (Lipinski definition) is 4. The Hall–Kier alpha value is -2.99. The molecule has 4 aromatic rings. The maximum atomic E-state index is 4.94. The molecule has 3 N–H and O–H groups in total. The van der Waals surface area contributed by atoms with Crippen molar-refractivity contribution in [3.05, 3.63) is 47.8 Å². The largest absolute Gasteiger partial charge is 0.336 e. The van der Waals surface area contributed by atoms with Gasteiger partial charge in [-0.1, -0.05) is 12.1 Å². The second-order valence-electron chi connectivity index (χ2n) is 8.16. The van der Waals surface area contributed by atoms with Crippen LogP contribution in [-0.2, 0) is 0 Å². The van der Waals surface area contributed by atoms with Crippen molar-refractivity contribution < 1.29 is 0 Å². The maximum absolute atomic E-state index is 4.94. The SMILES string of the molecule is C1=C(c2nccc3[nH]c(-c4n[nH]c5ccc(C6CCNCC6)cc45)nc23)CCC1. The highest BCUT2D eigenvalue weighted by molar-refractivity contribution is 5.95. The Balaban J connectivity index is 1.46. The Bertz CT molecular complexity index is 1220. The average Bonchev–Trinajstić information content (AvgIpc) is 3.52. The first-order valence-corrected chi connectivity index (χ1v) is 10.6. The molecule has 6 nitrogen and oxygen atoms in total. The minimum Gasteiger partial charge on any atom is -0.336 e. The van der Waals surface area contributed by atoms with E-state index in [4.69, 9.17) is 4.98 Å². The lowest BCUT2D eigenvalue weighted by Gasteiger charge is -2.23. The molecule has 0 saturated carbocycles. The summed E-state index contributed by atoms with van der Waals surface area (Å²) in [5, 5.41) is 12.4. The van der Waals surface area contributed by atoms with E-state index >= 15 is 0 Å². The van der Waals surface area contributed by atoms with Gasteiger partial charge >= 0.3 is 0 Å². The summed E-state index contributed by atoms with van der Waals surface area (Å²) in [5.74, 6) is 1.42. The van der Waals surface area contributed by atoms with Crippen LogP contribution in [0.25, 0.3) is 39.0 Å². The Morgan fingerprint density at radius 3 is 2.79 bits per heavy atom. The van der Waals surface area contributed by atoms with Crippen LogP contribution >= 0.6 is 0 Å². The number of benzene rings is 1. The lowest BCUT2D eigenvalue weighted by Crippen LogP contribution is -2.26. The van der Waals surface area contributed by atoms with Gasteiger partial charge in [0.2, 0.25) is 0 Å². The van der Waals surface area contributed by atoms with E-state index in [1.54, 1.807) is 0 Å². The van der Waals surface area contributed by atoms with E-state index in [1.165, 1.54) is 30.4 Å². The van der Waals surface area contributed by atoms with Crippen LogP contribution in [0.5, 0.6) is 0 Å². The molecule has 0 bridgehead atoms. The Morgan fingerprint density at radius 2 is 1.93 bits per heavy atom. The van der Waals surface area contributed by atoms with Gasteiger partial charge in [0.25, 0.3) is 0 Å². The third kappa shape index (κ3) is 2.86. The number of H-pyrrole nitrogens is 2. The Labute approximate surface area is 168 Å². The van der Waals surface area contributed by atoms with Crippen molar-refractivity contribution in [1.29, 1.82) is 0 Å². The van der Waals surface area contributed by atoms with E-state index in [0.29, 0.717) is 5.92 Å². The standard InChI is InChI=1S/C23H24N6/c1-2-4-15(3-1)20-22-19(9-12-25-20)26-23(27-22)21-17-13-16(5-6-18(17)28-29-21)14-7-10-24-11-8-14/h3,5-6,9,12-14,24H,1-2,4,7-8,10-11H2,(H,26,27)(H,28,29). The summed E-state index contributed by atoms with van der Waals surface area (Å²) >= 11 is 0. The van der Waals surface area contributed by atoms with Crippen LogP contribution in [0.15, 0.2) is 36.5 Å². The highest BCUT2D eigenvalue weighted by atomic mass is 15.1. The van der Waals surface area contributed by atoms with Gasteiger partial charge in [0.15, 0.2) is 5.82 Å². The van der Waals surface area contributed by atoms with Gasteiger partial charge in [-0.05, 0) is 80.4 Å². The van der Waals surface area contributed by atoms with Gasteiger partial charge in [0, 0.05) is 11.6 Å². The first-order valence-electron chi connectivity index (χ1n) is 10.6. The number of hydrogen-bond donors (Lipinski definition) is 3. The van der Waals surface area contributed by atoms with E-state index in [9.17, 15) is 0 Å². The monoisotopic (exact) mass is 384 g/mol. The smallest absolute Gasteiger partial charge is 0.159 e. The van der Waals surface area contributed by atoms with Gasteiger partial charge in [-0.3, -0.25) is 10.1 Å². The molecule has 0 radical (unpaired) electrons. The number of rotatable bonds is 3. The molecule has 1 saturated heterocycles. The molecular formula is C23H24N6.